The second-order valence-corrected chi connectivity index (χ2v) is 6.10. The molecule has 0 fully saturated rings. The maximum Gasteiger partial charge on any atom is 0.331 e. The first-order chi connectivity index (χ1) is 12.0. The number of rotatable bonds is 6. The van der Waals surface area contributed by atoms with Gasteiger partial charge in [0.05, 0.1) is 7.11 Å². The molecule has 0 bridgehead atoms. The van der Waals surface area contributed by atoms with Crippen molar-refractivity contribution in [3.8, 4) is 5.75 Å². The highest BCUT2D eigenvalue weighted by molar-refractivity contribution is 9.10. The molecule has 2 aromatic rings. The van der Waals surface area contributed by atoms with E-state index >= 15 is 0 Å². The van der Waals surface area contributed by atoms with Crippen LogP contribution in [0.15, 0.2) is 59.1 Å². The largest absolute Gasteiger partial charge is 0.497 e. The van der Waals surface area contributed by atoms with Gasteiger partial charge in [0, 0.05) is 16.2 Å². The normalized spacial score (nSPS) is 11.8. The van der Waals surface area contributed by atoms with Crippen molar-refractivity contribution < 1.29 is 19.1 Å². The third kappa shape index (κ3) is 6.08. The SMILES string of the molecule is COc1ccc(NC(=O)[C@@H](C)OC(=O)/C=C/c2ccc(Br)cc2)cc1. The number of hydrogen-bond acceptors (Lipinski definition) is 4. The van der Waals surface area contributed by atoms with E-state index in [9.17, 15) is 9.59 Å². The quantitative estimate of drug-likeness (QED) is 0.583. The first kappa shape index (κ1) is 18.7. The van der Waals surface area contributed by atoms with E-state index in [-0.39, 0.29) is 0 Å². The number of carbonyl (C=O) groups is 2. The van der Waals surface area contributed by atoms with E-state index in [1.807, 2.05) is 24.3 Å². The molecule has 0 aliphatic rings. The van der Waals surface area contributed by atoms with Crippen LogP contribution < -0.4 is 10.1 Å². The lowest BCUT2D eigenvalue weighted by atomic mass is 10.2. The molecule has 6 heteroatoms. The number of ether oxygens (including phenoxy) is 2. The van der Waals surface area contributed by atoms with Crippen molar-refractivity contribution in [2.75, 3.05) is 12.4 Å². The molecule has 130 valence electrons. The van der Waals surface area contributed by atoms with Gasteiger partial charge >= 0.3 is 5.97 Å². The van der Waals surface area contributed by atoms with Crippen molar-refractivity contribution in [3.05, 3.63) is 64.6 Å². The molecule has 0 unspecified atom stereocenters. The second kappa shape index (κ2) is 9.03. The van der Waals surface area contributed by atoms with Crippen LogP contribution in [0.4, 0.5) is 5.69 Å². The van der Waals surface area contributed by atoms with Gasteiger partial charge < -0.3 is 14.8 Å². The molecule has 0 saturated carbocycles. The Balaban J connectivity index is 1.86. The molecule has 2 aromatic carbocycles. The van der Waals surface area contributed by atoms with Crippen LogP contribution in [0, 0.1) is 0 Å². The standard InChI is InChI=1S/C19H18BrNO4/c1-13(19(23)21-16-8-10-17(24-2)11-9-16)25-18(22)12-5-14-3-6-15(20)7-4-14/h3-13H,1-2H3,(H,21,23)/b12-5+/t13-/m1/s1. The minimum Gasteiger partial charge on any atom is -0.497 e. The number of methoxy groups -OCH3 is 1. The summed E-state index contributed by atoms with van der Waals surface area (Å²) in [7, 11) is 1.57. The molecule has 0 saturated heterocycles. The molecule has 2 rings (SSSR count). The van der Waals surface area contributed by atoms with E-state index in [2.05, 4.69) is 21.2 Å². The topological polar surface area (TPSA) is 64.6 Å². The number of hydrogen-bond donors (Lipinski definition) is 1. The molecule has 0 spiro atoms. The zero-order chi connectivity index (χ0) is 18.2. The van der Waals surface area contributed by atoms with Gasteiger partial charge in [-0.05, 0) is 55.0 Å². The number of carbonyl (C=O) groups excluding carboxylic acids is 2. The van der Waals surface area contributed by atoms with Crippen LogP contribution in [-0.4, -0.2) is 25.1 Å². The Bertz CT molecular complexity index is 754. The third-order valence-electron chi connectivity index (χ3n) is 3.30. The van der Waals surface area contributed by atoms with E-state index in [1.54, 1.807) is 37.5 Å². The lowest BCUT2D eigenvalue weighted by Crippen LogP contribution is -2.29. The summed E-state index contributed by atoms with van der Waals surface area (Å²) in [6, 6.07) is 14.3. The monoisotopic (exact) mass is 403 g/mol. The Labute approximate surface area is 154 Å². The van der Waals surface area contributed by atoms with Gasteiger partial charge in [0.25, 0.3) is 5.91 Å². The second-order valence-electron chi connectivity index (χ2n) is 5.18. The Kier molecular flexibility index (Phi) is 6.77. The molecule has 1 amide bonds. The van der Waals surface area contributed by atoms with Gasteiger partial charge in [-0.3, -0.25) is 4.79 Å². The number of esters is 1. The maximum absolute atomic E-state index is 12.1. The van der Waals surface area contributed by atoms with Gasteiger partial charge in [-0.15, -0.1) is 0 Å². The number of amides is 1. The minimum absolute atomic E-state index is 0.407. The summed E-state index contributed by atoms with van der Waals surface area (Å²) in [4.78, 5) is 23.9. The fourth-order valence-electron chi connectivity index (χ4n) is 1.92. The van der Waals surface area contributed by atoms with Crippen molar-refractivity contribution in [1.29, 1.82) is 0 Å². The maximum atomic E-state index is 12.1. The smallest absolute Gasteiger partial charge is 0.331 e. The van der Waals surface area contributed by atoms with Crippen molar-refractivity contribution >= 4 is 39.6 Å². The highest BCUT2D eigenvalue weighted by atomic mass is 79.9. The third-order valence-corrected chi connectivity index (χ3v) is 3.83. The van der Waals surface area contributed by atoms with Gasteiger partial charge in [0.2, 0.25) is 0 Å². The van der Waals surface area contributed by atoms with Gasteiger partial charge in [-0.2, -0.15) is 0 Å². The number of halogens is 1. The van der Waals surface area contributed by atoms with Crippen LogP contribution in [0.2, 0.25) is 0 Å². The summed E-state index contributed by atoms with van der Waals surface area (Å²) in [6.07, 6.45) is 2.01. The zero-order valence-electron chi connectivity index (χ0n) is 13.9. The van der Waals surface area contributed by atoms with Crippen LogP contribution in [0.1, 0.15) is 12.5 Å². The van der Waals surface area contributed by atoms with Crippen LogP contribution in [0.3, 0.4) is 0 Å². The molecule has 0 radical (unpaired) electrons. The van der Waals surface area contributed by atoms with Gasteiger partial charge in [0.1, 0.15) is 5.75 Å². The molecular weight excluding hydrogens is 386 g/mol. The van der Waals surface area contributed by atoms with Crippen molar-refractivity contribution in [2.24, 2.45) is 0 Å². The van der Waals surface area contributed by atoms with E-state index in [0.717, 1.165) is 10.0 Å². The summed E-state index contributed by atoms with van der Waals surface area (Å²) >= 11 is 3.34. The van der Waals surface area contributed by atoms with Crippen molar-refractivity contribution in [2.45, 2.75) is 13.0 Å². The van der Waals surface area contributed by atoms with Gasteiger partial charge in [-0.1, -0.05) is 28.1 Å². The predicted molar refractivity (Wildman–Crippen MR) is 100 cm³/mol. The molecule has 25 heavy (non-hydrogen) atoms. The zero-order valence-corrected chi connectivity index (χ0v) is 15.4. The van der Waals surface area contributed by atoms with Crippen LogP contribution in [0.25, 0.3) is 6.08 Å². The van der Waals surface area contributed by atoms with Crippen LogP contribution in [0.5, 0.6) is 5.75 Å². The Morgan fingerprint density at radius 2 is 1.72 bits per heavy atom. The molecule has 5 nitrogen and oxygen atoms in total. The molecule has 1 N–H and O–H groups in total. The Morgan fingerprint density at radius 1 is 1.08 bits per heavy atom. The van der Waals surface area contributed by atoms with E-state index in [4.69, 9.17) is 9.47 Å². The van der Waals surface area contributed by atoms with Gasteiger partial charge in [-0.25, -0.2) is 4.79 Å². The predicted octanol–water partition coefficient (Wildman–Crippen LogP) is 4.04. The van der Waals surface area contributed by atoms with Crippen molar-refractivity contribution in [3.63, 3.8) is 0 Å². The average molecular weight is 404 g/mol. The molecule has 0 aromatic heterocycles. The number of nitrogens with one attached hydrogen (secondary N) is 1. The average Bonchev–Trinajstić information content (AvgIpc) is 2.61. The molecule has 0 aliphatic carbocycles. The van der Waals surface area contributed by atoms with E-state index < -0.39 is 18.0 Å². The molecule has 0 aliphatic heterocycles. The highest BCUT2D eigenvalue weighted by Gasteiger charge is 2.16. The van der Waals surface area contributed by atoms with Gasteiger partial charge in [0.15, 0.2) is 6.10 Å². The Morgan fingerprint density at radius 3 is 2.32 bits per heavy atom. The van der Waals surface area contributed by atoms with Crippen LogP contribution in [-0.2, 0) is 14.3 Å². The van der Waals surface area contributed by atoms with E-state index in [0.29, 0.717) is 11.4 Å². The fraction of sp³-hybridized carbons (Fsp3) is 0.158. The summed E-state index contributed by atoms with van der Waals surface area (Å²) < 4.78 is 11.1. The number of benzene rings is 2. The highest BCUT2D eigenvalue weighted by Crippen LogP contribution is 2.15. The first-order valence-corrected chi connectivity index (χ1v) is 8.36. The summed E-state index contributed by atoms with van der Waals surface area (Å²) in [5.41, 5.74) is 1.45. The number of anilines is 1. The fourth-order valence-corrected chi connectivity index (χ4v) is 2.19. The minimum atomic E-state index is -0.913. The van der Waals surface area contributed by atoms with E-state index in [1.165, 1.54) is 13.0 Å². The molecule has 1 atom stereocenters. The molecule has 0 heterocycles. The summed E-state index contributed by atoms with van der Waals surface area (Å²) in [5, 5.41) is 2.68. The van der Waals surface area contributed by atoms with Crippen LogP contribution >= 0.6 is 15.9 Å². The molecular formula is C19H18BrNO4. The lowest BCUT2D eigenvalue weighted by Gasteiger charge is -2.12. The Hall–Kier alpha value is -2.60. The first-order valence-electron chi connectivity index (χ1n) is 7.57. The lowest BCUT2D eigenvalue weighted by molar-refractivity contribution is -0.148. The summed E-state index contributed by atoms with van der Waals surface area (Å²) in [5.74, 6) is -0.300. The van der Waals surface area contributed by atoms with Crippen molar-refractivity contribution in [1.82, 2.24) is 0 Å². The summed E-state index contributed by atoms with van der Waals surface area (Å²) in [6.45, 7) is 1.52.